The lowest BCUT2D eigenvalue weighted by molar-refractivity contribution is -0.202. The molecule has 0 aromatic heterocycles. The molecule has 0 aliphatic carbocycles. The Labute approximate surface area is 96.3 Å². The van der Waals surface area contributed by atoms with Gasteiger partial charge in [-0.15, -0.1) is 0 Å². The van der Waals surface area contributed by atoms with Gasteiger partial charge in [0.05, 0.1) is 19.3 Å². The van der Waals surface area contributed by atoms with Crippen LogP contribution in [0.5, 0.6) is 0 Å². The standard InChI is InChI=1S/C9H15F3N2O3/c1-5-7(13-2-3-17-5)8(16)14-4-6(15)9(10,11)12/h5-7,13,15H,2-4H2,1H3,(H,14,16)/t5-,6?,7+/m1/s1. The first-order valence-corrected chi connectivity index (χ1v) is 5.20. The van der Waals surface area contributed by atoms with Crippen molar-refractivity contribution in [1.82, 2.24) is 10.6 Å². The van der Waals surface area contributed by atoms with Gasteiger partial charge in [-0.25, -0.2) is 0 Å². The van der Waals surface area contributed by atoms with E-state index >= 15 is 0 Å². The number of nitrogens with one attached hydrogen (secondary N) is 2. The van der Waals surface area contributed by atoms with Gasteiger partial charge < -0.3 is 20.5 Å². The van der Waals surface area contributed by atoms with Gasteiger partial charge in [0.1, 0.15) is 6.04 Å². The van der Waals surface area contributed by atoms with Crippen molar-refractivity contribution in [1.29, 1.82) is 0 Å². The fourth-order valence-corrected chi connectivity index (χ4v) is 1.45. The van der Waals surface area contributed by atoms with Gasteiger partial charge in [0.25, 0.3) is 0 Å². The van der Waals surface area contributed by atoms with Crippen molar-refractivity contribution >= 4 is 5.91 Å². The van der Waals surface area contributed by atoms with Crippen molar-refractivity contribution < 1.29 is 27.8 Å². The van der Waals surface area contributed by atoms with Crippen LogP contribution in [-0.2, 0) is 9.53 Å². The highest BCUT2D eigenvalue weighted by Gasteiger charge is 2.39. The minimum atomic E-state index is -4.73. The largest absolute Gasteiger partial charge is 0.416 e. The van der Waals surface area contributed by atoms with Gasteiger partial charge in [0.15, 0.2) is 6.10 Å². The average Bonchev–Trinajstić information content (AvgIpc) is 2.24. The topological polar surface area (TPSA) is 70.6 Å². The summed E-state index contributed by atoms with van der Waals surface area (Å²) in [6.07, 6.45) is -7.69. The van der Waals surface area contributed by atoms with E-state index in [1.54, 1.807) is 6.92 Å². The Morgan fingerprint density at radius 2 is 2.29 bits per heavy atom. The van der Waals surface area contributed by atoms with E-state index in [-0.39, 0.29) is 0 Å². The molecule has 0 aromatic rings. The molecule has 3 atom stereocenters. The van der Waals surface area contributed by atoms with Crippen molar-refractivity contribution in [2.24, 2.45) is 0 Å². The normalized spacial score (nSPS) is 27.6. The molecular weight excluding hydrogens is 241 g/mol. The first-order chi connectivity index (χ1) is 7.82. The van der Waals surface area contributed by atoms with Crippen LogP contribution in [0.15, 0.2) is 0 Å². The van der Waals surface area contributed by atoms with Gasteiger partial charge in [-0.1, -0.05) is 0 Å². The summed E-state index contributed by atoms with van der Waals surface area (Å²) in [6.45, 7) is 1.71. The van der Waals surface area contributed by atoms with Gasteiger partial charge in [-0.05, 0) is 6.92 Å². The minimum Gasteiger partial charge on any atom is -0.382 e. The second-order valence-corrected chi connectivity index (χ2v) is 3.81. The first-order valence-electron chi connectivity index (χ1n) is 5.20. The average molecular weight is 256 g/mol. The molecule has 5 nitrogen and oxygen atoms in total. The molecule has 100 valence electrons. The highest BCUT2D eigenvalue weighted by Crippen LogP contribution is 2.19. The van der Waals surface area contributed by atoms with E-state index in [9.17, 15) is 18.0 Å². The van der Waals surface area contributed by atoms with Crippen LogP contribution in [-0.4, -0.2) is 55.1 Å². The van der Waals surface area contributed by atoms with Crippen molar-refractivity contribution in [3.05, 3.63) is 0 Å². The molecule has 1 amide bonds. The Bertz CT molecular complexity index is 273. The van der Waals surface area contributed by atoms with Crippen molar-refractivity contribution in [2.45, 2.75) is 31.3 Å². The summed E-state index contributed by atoms with van der Waals surface area (Å²) in [4.78, 5) is 11.5. The number of amides is 1. The lowest BCUT2D eigenvalue weighted by Crippen LogP contribution is -2.56. The zero-order chi connectivity index (χ0) is 13.1. The molecule has 1 saturated heterocycles. The molecule has 3 N–H and O–H groups in total. The number of morpholine rings is 1. The number of aliphatic hydroxyl groups excluding tert-OH is 1. The highest BCUT2D eigenvalue weighted by molar-refractivity contribution is 5.82. The summed E-state index contributed by atoms with van der Waals surface area (Å²) in [6, 6.07) is -0.691. The first kappa shape index (κ1) is 14.2. The lowest BCUT2D eigenvalue weighted by Gasteiger charge is -2.29. The van der Waals surface area contributed by atoms with E-state index in [1.807, 2.05) is 5.32 Å². The van der Waals surface area contributed by atoms with E-state index in [2.05, 4.69) is 5.32 Å². The Kier molecular flexibility index (Phi) is 4.72. The number of ether oxygens (including phenoxy) is 1. The summed E-state index contributed by atoms with van der Waals surface area (Å²) in [5, 5.41) is 13.6. The van der Waals surface area contributed by atoms with Crippen LogP contribution in [0, 0.1) is 0 Å². The van der Waals surface area contributed by atoms with Crippen LogP contribution >= 0.6 is 0 Å². The van der Waals surface area contributed by atoms with Gasteiger partial charge in [0.2, 0.25) is 5.91 Å². The monoisotopic (exact) mass is 256 g/mol. The molecule has 1 aliphatic heterocycles. The molecule has 17 heavy (non-hydrogen) atoms. The number of hydrogen-bond acceptors (Lipinski definition) is 4. The van der Waals surface area contributed by atoms with Crippen LogP contribution in [0.2, 0.25) is 0 Å². The second kappa shape index (κ2) is 5.65. The van der Waals surface area contributed by atoms with Crippen molar-refractivity contribution in [2.75, 3.05) is 19.7 Å². The number of alkyl halides is 3. The van der Waals surface area contributed by atoms with Gasteiger partial charge in [0, 0.05) is 6.54 Å². The number of carbonyl (C=O) groups is 1. The fraction of sp³-hybridized carbons (Fsp3) is 0.889. The van der Waals surface area contributed by atoms with Gasteiger partial charge >= 0.3 is 6.18 Å². The number of rotatable bonds is 3. The third-order valence-electron chi connectivity index (χ3n) is 2.45. The van der Waals surface area contributed by atoms with Crippen LogP contribution in [0.25, 0.3) is 0 Å². The molecule has 1 rings (SSSR count). The Balaban J connectivity index is 2.39. The Hall–Kier alpha value is -0.860. The summed E-state index contributed by atoms with van der Waals surface area (Å²) in [5.41, 5.74) is 0. The number of carbonyl (C=O) groups excluding carboxylic acids is 1. The maximum Gasteiger partial charge on any atom is 0.416 e. The van der Waals surface area contributed by atoms with Crippen LogP contribution in [0.4, 0.5) is 13.2 Å². The van der Waals surface area contributed by atoms with Crippen molar-refractivity contribution in [3.8, 4) is 0 Å². The van der Waals surface area contributed by atoms with E-state index in [1.165, 1.54) is 0 Å². The predicted octanol–water partition coefficient (Wildman–Crippen LogP) is -0.597. The third kappa shape index (κ3) is 4.14. The quantitative estimate of drug-likeness (QED) is 0.631. The molecular formula is C9H15F3N2O3. The van der Waals surface area contributed by atoms with Gasteiger partial charge in [-0.3, -0.25) is 4.79 Å². The van der Waals surface area contributed by atoms with E-state index in [4.69, 9.17) is 9.84 Å². The van der Waals surface area contributed by atoms with Crippen LogP contribution < -0.4 is 10.6 Å². The van der Waals surface area contributed by atoms with Crippen molar-refractivity contribution in [3.63, 3.8) is 0 Å². The zero-order valence-electron chi connectivity index (χ0n) is 9.25. The van der Waals surface area contributed by atoms with E-state index in [0.717, 1.165) is 0 Å². The molecule has 0 saturated carbocycles. The minimum absolute atomic E-state index is 0.410. The Morgan fingerprint density at radius 1 is 1.65 bits per heavy atom. The summed E-state index contributed by atoms with van der Waals surface area (Å²) < 4.78 is 41.1. The predicted molar refractivity (Wildman–Crippen MR) is 52.3 cm³/mol. The number of halogens is 3. The molecule has 0 aromatic carbocycles. The van der Waals surface area contributed by atoms with E-state index in [0.29, 0.717) is 13.2 Å². The maximum atomic E-state index is 12.0. The van der Waals surface area contributed by atoms with Crippen LogP contribution in [0.3, 0.4) is 0 Å². The number of hydrogen-bond donors (Lipinski definition) is 3. The molecule has 1 unspecified atom stereocenters. The lowest BCUT2D eigenvalue weighted by atomic mass is 10.1. The zero-order valence-corrected chi connectivity index (χ0v) is 9.25. The summed E-state index contributed by atoms with van der Waals surface area (Å²) in [7, 11) is 0. The molecule has 0 radical (unpaired) electrons. The molecule has 1 fully saturated rings. The Morgan fingerprint density at radius 3 is 2.82 bits per heavy atom. The molecule has 0 spiro atoms. The van der Waals surface area contributed by atoms with Crippen LogP contribution in [0.1, 0.15) is 6.92 Å². The fourth-order valence-electron chi connectivity index (χ4n) is 1.45. The SMILES string of the molecule is C[C@H]1OCCN[C@@H]1C(=O)NCC(O)C(F)(F)F. The molecule has 1 aliphatic rings. The molecule has 8 heteroatoms. The van der Waals surface area contributed by atoms with Gasteiger partial charge in [-0.2, -0.15) is 13.2 Å². The molecule has 0 bridgehead atoms. The molecule has 1 heterocycles. The highest BCUT2D eigenvalue weighted by atomic mass is 19.4. The number of aliphatic hydroxyl groups is 1. The van der Waals surface area contributed by atoms with E-state index < -0.39 is 36.9 Å². The summed E-state index contributed by atoms with van der Waals surface area (Å²) >= 11 is 0. The smallest absolute Gasteiger partial charge is 0.382 e. The summed E-state index contributed by atoms with van der Waals surface area (Å²) in [5.74, 6) is -0.611. The second-order valence-electron chi connectivity index (χ2n) is 3.81. The third-order valence-corrected chi connectivity index (χ3v) is 2.45. The maximum absolute atomic E-state index is 12.0.